The van der Waals surface area contributed by atoms with Gasteiger partial charge < -0.3 is 10.1 Å². The maximum atomic E-state index is 12.1. The van der Waals surface area contributed by atoms with Crippen LogP contribution in [0.4, 0.5) is 4.79 Å². The summed E-state index contributed by atoms with van der Waals surface area (Å²) in [5, 5.41) is 2.54. The average Bonchev–Trinajstić information content (AvgIpc) is 2.67. The zero-order valence-corrected chi connectivity index (χ0v) is 12.4. The van der Waals surface area contributed by atoms with Crippen LogP contribution >= 0.6 is 15.9 Å². The largest absolute Gasteiger partial charge is 0.496 e. The van der Waals surface area contributed by atoms with Gasteiger partial charge in [-0.1, -0.05) is 22.0 Å². The maximum Gasteiger partial charge on any atom is 0.329 e. The molecule has 6 heteroatoms. The predicted molar refractivity (Wildman–Crippen MR) is 79.1 cm³/mol. The van der Waals surface area contributed by atoms with E-state index in [-0.39, 0.29) is 18.1 Å². The number of ether oxygens (including phenoxy) is 1. The lowest BCUT2D eigenvalue weighted by Crippen LogP contribution is -2.30. The highest BCUT2D eigenvalue weighted by molar-refractivity contribution is 9.10. The first-order valence-corrected chi connectivity index (χ1v) is 6.65. The third-order valence-corrected chi connectivity index (χ3v) is 3.26. The van der Waals surface area contributed by atoms with E-state index in [1.165, 1.54) is 6.08 Å². The van der Waals surface area contributed by atoms with Crippen molar-refractivity contribution in [1.82, 2.24) is 10.2 Å². The smallest absolute Gasteiger partial charge is 0.329 e. The van der Waals surface area contributed by atoms with E-state index in [0.717, 1.165) is 9.37 Å². The number of urea groups is 1. The SMILES string of the molecule is C=CCN1C(=O)N/C(=C/c2cc(Br)ccc2OC)C1=O. The molecule has 0 bridgehead atoms. The summed E-state index contributed by atoms with van der Waals surface area (Å²) in [6.45, 7) is 3.70. The molecule has 1 aliphatic rings. The molecule has 1 N–H and O–H groups in total. The molecule has 104 valence electrons. The average molecular weight is 337 g/mol. The minimum Gasteiger partial charge on any atom is -0.496 e. The Morgan fingerprint density at radius 1 is 1.45 bits per heavy atom. The molecule has 0 aliphatic carbocycles. The summed E-state index contributed by atoms with van der Waals surface area (Å²) in [6, 6.07) is 4.97. The van der Waals surface area contributed by atoms with E-state index < -0.39 is 6.03 Å². The molecular weight excluding hydrogens is 324 g/mol. The van der Waals surface area contributed by atoms with Crippen LogP contribution < -0.4 is 10.1 Å². The molecule has 3 amide bonds. The number of methoxy groups -OCH3 is 1. The van der Waals surface area contributed by atoms with Gasteiger partial charge in [-0.25, -0.2) is 4.79 Å². The first-order chi connectivity index (χ1) is 9.56. The Hall–Kier alpha value is -2.08. The number of nitrogens with zero attached hydrogens (tertiary/aromatic N) is 1. The number of nitrogens with one attached hydrogen (secondary N) is 1. The van der Waals surface area contributed by atoms with Gasteiger partial charge in [-0.15, -0.1) is 6.58 Å². The first kappa shape index (κ1) is 14.3. The normalized spacial score (nSPS) is 16.5. The highest BCUT2D eigenvalue weighted by atomic mass is 79.9. The van der Waals surface area contributed by atoms with Gasteiger partial charge in [-0.05, 0) is 24.3 Å². The molecule has 1 aromatic carbocycles. The van der Waals surface area contributed by atoms with E-state index in [0.29, 0.717) is 11.3 Å². The second kappa shape index (κ2) is 5.92. The van der Waals surface area contributed by atoms with Gasteiger partial charge in [0.2, 0.25) is 0 Å². The second-order valence-electron chi connectivity index (χ2n) is 4.08. The monoisotopic (exact) mass is 336 g/mol. The molecule has 1 heterocycles. The van der Waals surface area contributed by atoms with Crippen LogP contribution in [-0.4, -0.2) is 30.5 Å². The lowest BCUT2D eigenvalue weighted by atomic mass is 10.1. The summed E-state index contributed by atoms with van der Waals surface area (Å²) in [4.78, 5) is 24.8. The standard InChI is InChI=1S/C14H13BrN2O3/c1-3-6-17-13(18)11(16-14(17)19)8-9-7-10(15)4-5-12(9)20-2/h3-5,7-8H,1,6H2,2H3,(H,16,19)/b11-8+. The van der Waals surface area contributed by atoms with Crippen molar-refractivity contribution in [3.8, 4) is 5.75 Å². The summed E-state index contributed by atoms with van der Waals surface area (Å²) in [6.07, 6.45) is 3.09. The summed E-state index contributed by atoms with van der Waals surface area (Å²) in [5.41, 5.74) is 0.916. The Bertz CT molecular complexity index is 610. The van der Waals surface area contributed by atoms with Crippen LogP contribution in [0.25, 0.3) is 6.08 Å². The van der Waals surface area contributed by atoms with Crippen LogP contribution in [-0.2, 0) is 4.79 Å². The predicted octanol–water partition coefficient (Wildman–Crippen LogP) is 2.54. The third-order valence-electron chi connectivity index (χ3n) is 2.77. The van der Waals surface area contributed by atoms with Crippen molar-refractivity contribution in [3.63, 3.8) is 0 Å². The van der Waals surface area contributed by atoms with Gasteiger partial charge in [0, 0.05) is 16.6 Å². The number of hydrogen-bond donors (Lipinski definition) is 1. The van der Waals surface area contributed by atoms with Crippen LogP contribution in [0.2, 0.25) is 0 Å². The number of hydrogen-bond acceptors (Lipinski definition) is 3. The maximum absolute atomic E-state index is 12.1. The zero-order valence-electron chi connectivity index (χ0n) is 10.9. The highest BCUT2D eigenvalue weighted by Gasteiger charge is 2.32. The molecule has 1 aromatic rings. The molecule has 2 rings (SSSR count). The molecule has 1 fully saturated rings. The minimum atomic E-state index is -0.449. The molecular formula is C14H13BrN2O3. The van der Waals surface area contributed by atoms with Gasteiger partial charge >= 0.3 is 6.03 Å². The van der Waals surface area contributed by atoms with Gasteiger partial charge in [0.25, 0.3) is 5.91 Å². The van der Waals surface area contributed by atoms with Crippen molar-refractivity contribution in [2.45, 2.75) is 0 Å². The first-order valence-electron chi connectivity index (χ1n) is 5.85. The fourth-order valence-electron chi connectivity index (χ4n) is 1.84. The minimum absolute atomic E-state index is 0.178. The Balaban J connectivity index is 2.37. The van der Waals surface area contributed by atoms with Crippen molar-refractivity contribution in [1.29, 1.82) is 0 Å². The van der Waals surface area contributed by atoms with Crippen LogP contribution in [0, 0.1) is 0 Å². The van der Waals surface area contributed by atoms with Crippen molar-refractivity contribution in [3.05, 3.63) is 46.6 Å². The fraction of sp³-hybridized carbons (Fsp3) is 0.143. The summed E-state index contributed by atoms with van der Waals surface area (Å²) >= 11 is 3.36. The summed E-state index contributed by atoms with van der Waals surface area (Å²) < 4.78 is 6.08. The van der Waals surface area contributed by atoms with Crippen LogP contribution in [0.5, 0.6) is 5.75 Å². The number of amides is 3. The van der Waals surface area contributed by atoms with Crippen LogP contribution in [0.3, 0.4) is 0 Å². The third kappa shape index (κ3) is 2.75. The van der Waals surface area contributed by atoms with Crippen molar-refractivity contribution in [2.24, 2.45) is 0 Å². The van der Waals surface area contributed by atoms with Crippen molar-refractivity contribution >= 4 is 33.9 Å². The van der Waals surface area contributed by atoms with E-state index in [9.17, 15) is 9.59 Å². The number of carbonyl (C=O) groups is 2. The quantitative estimate of drug-likeness (QED) is 0.522. The van der Waals surface area contributed by atoms with Gasteiger partial charge in [-0.3, -0.25) is 9.69 Å². The molecule has 1 saturated heterocycles. The van der Waals surface area contributed by atoms with Crippen molar-refractivity contribution < 1.29 is 14.3 Å². The van der Waals surface area contributed by atoms with E-state index in [1.54, 1.807) is 25.3 Å². The molecule has 5 nitrogen and oxygen atoms in total. The van der Waals surface area contributed by atoms with Gasteiger partial charge in [-0.2, -0.15) is 0 Å². The molecule has 20 heavy (non-hydrogen) atoms. The second-order valence-corrected chi connectivity index (χ2v) is 4.99. The molecule has 0 spiro atoms. The lowest BCUT2D eigenvalue weighted by molar-refractivity contribution is -0.122. The van der Waals surface area contributed by atoms with Gasteiger partial charge in [0.15, 0.2) is 0 Å². The van der Waals surface area contributed by atoms with Crippen molar-refractivity contribution in [2.75, 3.05) is 13.7 Å². The Labute approximate surface area is 125 Å². The molecule has 0 radical (unpaired) electrons. The molecule has 0 unspecified atom stereocenters. The number of benzene rings is 1. The number of imide groups is 1. The fourth-order valence-corrected chi connectivity index (χ4v) is 2.22. The molecule has 0 aromatic heterocycles. The van der Waals surface area contributed by atoms with E-state index in [2.05, 4.69) is 27.8 Å². The Kier molecular flexibility index (Phi) is 4.24. The molecule has 0 saturated carbocycles. The summed E-state index contributed by atoms with van der Waals surface area (Å²) in [7, 11) is 1.55. The topological polar surface area (TPSA) is 58.6 Å². The molecule has 0 atom stereocenters. The zero-order chi connectivity index (χ0) is 14.7. The Morgan fingerprint density at radius 3 is 2.85 bits per heavy atom. The van der Waals surface area contributed by atoms with Gasteiger partial charge in [0.1, 0.15) is 11.4 Å². The van der Waals surface area contributed by atoms with Gasteiger partial charge in [0.05, 0.1) is 7.11 Å². The number of halogens is 1. The number of carbonyl (C=O) groups excluding carboxylic acids is 2. The van der Waals surface area contributed by atoms with E-state index in [4.69, 9.17) is 4.74 Å². The Morgan fingerprint density at radius 2 is 2.20 bits per heavy atom. The number of rotatable bonds is 4. The summed E-state index contributed by atoms with van der Waals surface area (Å²) in [5.74, 6) is 0.238. The van der Waals surface area contributed by atoms with E-state index in [1.807, 2.05) is 6.07 Å². The lowest BCUT2D eigenvalue weighted by Gasteiger charge is -2.07. The van der Waals surface area contributed by atoms with Crippen LogP contribution in [0.15, 0.2) is 41.0 Å². The molecule has 1 aliphatic heterocycles. The highest BCUT2D eigenvalue weighted by Crippen LogP contribution is 2.26. The van der Waals surface area contributed by atoms with E-state index >= 15 is 0 Å². The van der Waals surface area contributed by atoms with Crippen LogP contribution in [0.1, 0.15) is 5.56 Å².